The van der Waals surface area contributed by atoms with Crippen LogP contribution >= 0.6 is 11.6 Å². The average molecular weight is 1100 g/mol. The topological polar surface area (TPSA) is 269 Å². The number of anilines is 3. The van der Waals surface area contributed by atoms with E-state index in [1.165, 1.54) is 38.1 Å². The predicted molar refractivity (Wildman–Crippen MR) is 297 cm³/mol. The van der Waals surface area contributed by atoms with Gasteiger partial charge in [0.1, 0.15) is 35.4 Å². The molecule has 5 aromatic rings. The number of alkyl halides is 1. The number of ketones is 1. The van der Waals surface area contributed by atoms with Gasteiger partial charge in [0.05, 0.1) is 5.69 Å². The molecule has 0 spiro atoms. The van der Waals surface area contributed by atoms with Gasteiger partial charge in [-0.1, -0.05) is 38.1 Å². The van der Waals surface area contributed by atoms with Gasteiger partial charge in [0.15, 0.2) is 0 Å². The first-order valence-electron chi connectivity index (χ1n) is 26.1. The molecule has 0 unspecified atom stereocenters. The minimum absolute atomic E-state index is 0.0190. The molecule has 414 valence electrons. The van der Waals surface area contributed by atoms with Crippen LogP contribution in [0.25, 0.3) is 21.7 Å². The summed E-state index contributed by atoms with van der Waals surface area (Å²) in [6.07, 6.45) is 1.68. The molecule has 1 aromatic heterocycles. The number of Topliss-reactive ketones (excluding diaryl/α,β-unsaturated/α-hetero) is 1. The van der Waals surface area contributed by atoms with E-state index in [0.717, 1.165) is 46.5 Å². The number of fused-ring (bicyclic) bond motifs is 4. The quantitative estimate of drug-likeness (QED) is 0.0420. The summed E-state index contributed by atoms with van der Waals surface area (Å²) < 4.78 is 6.05. The first-order chi connectivity index (χ1) is 37.8. The Hall–Kier alpha value is -8.43. The maximum Gasteiger partial charge on any atom is 0.415 e. The molecule has 4 atom stereocenters. The number of hydrogen-bond acceptors (Lipinski definition) is 12. The van der Waals surface area contributed by atoms with Gasteiger partial charge in [-0.2, -0.15) is 0 Å². The maximum atomic E-state index is 14.4. The van der Waals surface area contributed by atoms with Crippen molar-refractivity contribution in [1.82, 2.24) is 35.6 Å². The van der Waals surface area contributed by atoms with Gasteiger partial charge in [0, 0.05) is 115 Å². The predicted octanol–water partition coefficient (Wildman–Crippen LogP) is 5.45. The highest BCUT2D eigenvalue weighted by Crippen LogP contribution is 2.46. The number of ether oxygens (including phenoxy) is 1. The van der Waals surface area contributed by atoms with E-state index in [0.29, 0.717) is 59.0 Å². The normalized spacial score (nSPS) is 16.4. The zero-order chi connectivity index (χ0) is 56.7. The van der Waals surface area contributed by atoms with Crippen LogP contribution < -0.4 is 36.2 Å². The molecule has 1 saturated heterocycles. The van der Waals surface area contributed by atoms with Gasteiger partial charge < -0.3 is 51.0 Å². The van der Waals surface area contributed by atoms with Gasteiger partial charge in [-0.05, 0) is 99.1 Å². The van der Waals surface area contributed by atoms with Gasteiger partial charge in [-0.3, -0.25) is 48.1 Å². The van der Waals surface area contributed by atoms with Crippen molar-refractivity contribution < 1.29 is 52.7 Å². The molecule has 1 fully saturated rings. The number of carbonyl (C=O) groups is 10. The number of rotatable bonds is 20. The molecular formula is C57H63ClN10O11. The number of nitrogens with one attached hydrogen (secondary N) is 6. The van der Waals surface area contributed by atoms with Crippen molar-refractivity contribution in [2.45, 2.75) is 77.4 Å². The molecular weight excluding hydrogens is 1040 g/mol. The Bertz CT molecular complexity index is 3240. The van der Waals surface area contributed by atoms with E-state index in [-0.39, 0.29) is 55.0 Å². The zero-order valence-corrected chi connectivity index (χ0v) is 45.2. The highest BCUT2D eigenvalue weighted by atomic mass is 35.5. The molecule has 0 radical (unpaired) electrons. The summed E-state index contributed by atoms with van der Waals surface area (Å²) in [4.78, 5) is 140. The van der Waals surface area contributed by atoms with E-state index in [2.05, 4.69) is 36.5 Å². The first-order valence-corrected chi connectivity index (χ1v) is 26.7. The number of halogens is 1. The molecule has 8 rings (SSSR count). The van der Waals surface area contributed by atoms with Crippen LogP contribution in [0.2, 0.25) is 0 Å². The monoisotopic (exact) mass is 1100 g/mol. The number of amides is 9. The van der Waals surface area contributed by atoms with Gasteiger partial charge in [-0.25, -0.2) is 4.79 Å². The number of likely N-dealkylation sites (N-methyl/N-ethyl adjacent to an activating group) is 1. The van der Waals surface area contributed by atoms with Crippen molar-refractivity contribution in [1.29, 1.82) is 0 Å². The summed E-state index contributed by atoms with van der Waals surface area (Å²) >= 11 is 6.55. The molecule has 22 heteroatoms. The fourth-order valence-electron chi connectivity index (χ4n) is 9.77. The van der Waals surface area contributed by atoms with Gasteiger partial charge in [0.2, 0.25) is 23.6 Å². The maximum absolute atomic E-state index is 14.4. The smallest absolute Gasteiger partial charge is 0.409 e. The summed E-state index contributed by atoms with van der Waals surface area (Å²) in [5, 5.41) is 15.6. The van der Waals surface area contributed by atoms with Crippen LogP contribution in [-0.4, -0.2) is 149 Å². The number of carbonyl (C=O) groups excluding carboxylic acids is 10. The fraction of sp³-hybridized carbons (Fsp3) is 0.368. The van der Waals surface area contributed by atoms with Crippen LogP contribution in [0.4, 0.5) is 21.9 Å². The number of benzene rings is 4. The molecule has 9 amide bonds. The Balaban J connectivity index is 0.876. The Morgan fingerprint density at radius 3 is 2.10 bits per heavy atom. The van der Waals surface area contributed by atoms with Gasteiger partial charge in [0.25, 0.3) is 23.6 Å². The lowest BCUT2D eigenvalue weighted by molar-refractivity contribution is -0.137. The summed E-state index contributed by atoms with van der Waals surface area (Å²) in [6, 6.07) is 18.7. The second-order valence-electron chi connectivity index (χ2n) is 20.5. The fourth-order valence-corrected chi connectivity index (χ4v) is 10.0. The lowest BCUT2D eigenvalue weighted by Crippen LogP contribution is -2.56. The minimum atomic E-state index is -1.38. The standard InChI is InChI=1S/C57H63ClN10O11/c1-32(2)25-43(64-55(76)44(26-33(3)69)63-52(73)34(4)59-48(70)11-8-20-67-49(71)18-19-50(67)72)54(75)60-38-14-12-35(13-15-38)53(74)61-39-16-17-42-36(27-39)28-45(62-42)56(77)68-31-37(30-58)51-41-10-7-6-9-40(41)47(29-46(51)68)79-57(78)66-23-21-65(5)22-24-66/h6-7,9-10,12-19,27-29,32,34,37,43-44,62H,8,11,20-26,30-31H2,1-5H3,(H,59,70)(H,60,75)(H,61,74)(H,63,73)(H,64,76)/t34-,37+,43-,44-/m0/s1. The largest absolute Gasteiger partial charge is 0.415 e. The second-order valence-corrected chi connectivity index (χ2v) is 20.8. The molecule has 3 aliphatic heterocycles. The van der Waals surface area contributed by atoms with Gasteiger partial charge in [-0.15, -0.1) is 11.6 Å². The summed E-state index contributed by atoms with van der Waals surface area (Å²) in [5.74, 6) is -4.49. The van der Waals surface area contributed by atoms with Crippen molar-refractivity contribution in [2.75, 3.05) is 67.7 Å². The number of aromatic amines is 1. The lowest BCUT2D eigenvalue weighted by Gasteiger charge is -2.31. The number of hydrogen-bond donors (Lipinski definition) is 6. The number of imide groups is 1. The molecule has 4 heterocycles. The van der Waals surface area contributed by atoms with Crippen molar-refractivity contribution in [3.05, 3.63) is 108 Å². The Morgan fingerprint density at radius 2 is 1.43 bits per heavy atom. The molecule has 3 aliphatic rings. The second kappa shape index (κ2) is 24.9. The van der Waals surface area contributed by atoms with Crippen molar-refractivity contribution in [2.24, 2.45) is 5.92 Å². The molecule has 0 saturated carbocycles. The summed E-state index contributed by atoms with van der Waals surface area (Å²) in [7, 11) is 2.01. The number of H-pyrrole nitrogens is 1. The molecule has 0 aliphatic carbocycles. The number of piperazine rings is 1. The van der Waals surface area contributed by atoms with E-state index in [9.17, 15) is 47.9 Å². The van der Waals surface area contributed by atoms with E-state index in [4.69, 9.17) is 16.3 Å². The van der Waals surface area contributed by atoms with E-state index in [1.807, 2.05) is 45.2 Å². The highest BCUT2D eigenvalue weighted by molar-refractivity contribution is 6.19. The highest BCUT2D eigenvalue weighted by Gasteiger charge is 2.37. The summed E-state index contributed by atoms with van der Waals surface area (Å²) in [6.45, 7) is 9.20. The van der Waals surface area contributed by atoms with Crippen molar-refractivity contribution >= 4 is 109 Å². The molecule has 0 bridgehead atoms. The van der Waals surface area contributed by atoms with E-state index in [1.54, 1.807) is 40.1 Å². The van der Waals surface area contributed by atoms with Crippen LogP contribution in [0.15, 0.2) is 91.0 Å². The Kier molecular flexibility index (Phi) is 17.9. The third kappa shape index (κ3) is 13.6. The van der Waals surface area contributed by atoms with Crippen LogP contribution in [0.1, 0.15) is 85.7 Å². The third-order valence-corrected chi connectivity index (χ3v) is 14.3. The Morgan fingerprint density at radius 1 is 0.759 bits per heavy atom. The third-order valence-electron chi connectivity index (χ3n) is 14.0. The molecule has 21 nitrogen and oxygen atoms in total. The summed E-state index contributed by atoms with van der Waals surface area (Å²) in [5.41, 5.74) is 3.48. The minimum Gasteiger partial charge on any atom is -0.409 e. The van der Waals surface area contributed by atoms with Crippen LogP contribution in [0.3, 0.4) is 0 Å². The molecule has 6 N–H and O–H groups in total. The Labute approximate surface area is 460 Å². The average Bonchev–Trinajstić information content (AvgIpc) is 4.19. The van der Waals surface area contributed by atoms with Crippen LogP contribution in [-0.2, 0) is 33.6 Å². The first kappa shape index (κ1) is 56.8. The zero-order valence-electron chi connectivity index (χ0n) is 44.5. The van der Waals surface area contributed by atoms with E-state index < -0.39 is 77.8 Å². The lowest BCUT2D eigenvalue weighted by atomic mass is 9.95. The van der Waals surface area contributed by atoms with Gasteiger partial charge >= 0.3 is 6.09 Å². The SMILES string of the molecule is CC(=O)C[C@H](NC(=O)[C@H](C)NC(=O)CCCN1C(=O)C=CC1=O)C(=O)N[C@@H](CC(C)C)C(=O)Nc1ccc(C(=O)Nc2ccc3[nH]c(C(=O)N4C[C@@H](CCl)c5c4cc(OC(=O)N4CCN(C)CC4)c4ccccc54)cc3c2)cc1. The van der Waals surface area contributed by atoms with Crippen molar-refractivity contribution in [3.8, 4) is 5.75 Å². The van der Waals surface area contributed by atoms with Crippen molar-refractivity contribution in [3.63, 3.8) is 0 Å². The number of nitrogens with zero attached hydrogens (tertiary/aromatic N) is 4. The van der Waals surface area contributed by atoms with E-state index >= 15 is 0 Å². The van der Waals surface area contributed by atoms with Crippen LogP contribution in [0.5, 0.6) is 5.75 Å². The van der Waals surface area contributed by atoms with Crippen LogP contribution in [0, 0.1) is 5.92 Å². The molecule has 4 aromatic carbocycles. The number of aromatic nitrogens is 1. The molecule has 79 heavy (non-hydrogen) atoms.